The molecule has 2 aromatic rings. The molecule has 0 bridgehead atoms. The Balaban J connectivity index is 2.09. The van der Waals surface area contributed by atoms with E-state index in [0.717, 1.165) is 5.69 Å². The summed E-state index contributed by atoms with van der Waals surface area (Å²) in [6.45, 7) is 1.48. The lowest BCUT2D eigenvalue weighted by Gasteiger charge is -2.12. The second-order valence-corrected chi connectivity index (χ2v) is 5.22. The van der Waals surface area contributed by atoms with Gasteiger partial charge in [-0.2, -0.15) is 13.9 Å². The molecule has 7 heteroatoms. The van der Waals surface area contributed by atoms with Crippen LogP contribution in [0.1, 0.15) is 25.5 Å². The molecule has 1 N–H and O–H groups in total. The molecule has 0 spiro atoms. The topological polar surface area (TPSA) is 39.1 Å². The summed E-state index contributed by atoms with van der Waals surface area (Å²) in [4.78, 5) is 0. The van der Waals surface area contributed by atoms with Crippen molar-refractivity contribution in [2.75, 3.05) is 5.32 Å². The molecule has 4 nitrogen and oxygen atoms in total. The smallest absolute Gasteiger partial charge is 0.387 e. The number of ether oxygens (including phenoxy) is 1. The van der Waals surface area contributed by atoms with Crippen molar-refractivity contribution in [3.63, 3.8) is 0 Å². The van der Waals surface area contributed by atoms with E-state index in [4.69, 9.17) is 11.6 Å². The third-order valence-electron chi connectivity index (χ3n) is 2.85. The number of aromatic nitrogens is 2. The number of benzene rings is 1. The lowest BCUT2D eigenvalue weighted by Crippen LogP contribution is -2.07. The number of nitrogens with zero attached hydrogens (tertiary/aromatic N) is 2. The maximum absolute atomic E-state index is 12.4. The zero-order valence-electron chi connectivity index (χ0n) is 11.7. The van der Waals surface area contributed by atoms with Gasteiger partial charge in [-0.25, -0.2) is 0 Å². The van der Waals surface area contributed by atoms with Gasteiger partial charge in [0.15, 0.2) is 0 Å². The zero-order valence-corrected chi connectivity index (χ0v) is 12.4. The van der Waals surface area contributed by atoms with Gasteiger partial charge < -0.3 is 10.1 Å². The first-order valence-corrected chi connectivity index (χ1v) is 6.84. The number of hydrogen-bond donors (Lipinski definition) is 1. The molecule has 1 heterocycles. The van der Waals surface area contributed by atoms with Crippen molar-refractivity contribution in [3.05, 3.63) is 41.2 Å². The van der Waals surface area contributed by atoms with Crippen molar-refractivity contribution >= 4 is 17.3 Å². The van der Waals surface area contributed by atoms with Crippen LogP contribution in [0.3, 0.4) is 0 Å². The van der Waals surface area contributed by atoms with Gasteiger partial charge in [-0.1, -0.05) is 11.6 Å². The van der Waals surface area contributed by atoms with Gasteiger partial charge in [0, 0.05) is 29.4 Å². The molecule has 0 atom stereocenters. The van der Waals surface area contributed by atoms with E-state index in [9.17, 15) is 8.78 Å². The molecule has 1 aromatic heterocycles. The summed E-state index contributed by atoms with van der Waals surface area (Å²) in [6.07, 6.45) is 3.53. The molecule has 114 valence electrons. The first kappa shape index (κ1) is 15.6. The molecule has 0 aliphatic heterocycles. The number of rotatable bonds is 6. The van der Waals surface area contributed by atoms with E-state index < -0.39 is 6.61 Å². The summed E-state index contributed by atoms with van der Waals surface area (Å²) in [5, 5.41) is 7.77. The monoisotopic (exact) mass is 315 g/mol. The molecule has 21 heavy (non-hydrogen) atoms. The molecule has 0 aliphatic carbocycles. The van der Waals surface area contributed by atoms with Gasteiger partial charge >= 0.3 is 6.61 Å². The van der Waals surface area contributed by atoms with Crippen LogP contribution in [0.4, 0.5) is 14.5 Å². The molecule has 0 radical (unpaired) electrons. The third kappa shape index (κ3) is 4.32. The Labute approximate surface area is 126 Å². The van der Waals surface area contributed by atoms with Gasteiger partial charge in [0.2, 0.25) is 0 Å². The van der Waals surface area contributed by atoms with Crippen LogP contribution in [0.2, 0.25) is 5.02 Å². The van der Waals surface area contributed by atoms with E-state index in [1.54, 1.807) is 16.9 Å². The highest BCUT2D eigenvalue weighted by atomic mass is 35.5. The summed E-state index contributed by atoms with van der Waals surface area (Å²) < 4.78 is 31.0. The Morgan fingerprint density at radius 3 is 2.76 bits per heavy atom. The van der Waals surface area contributed by atoms with Crippen molar-refractivity contribution < 1.29 is 13.5 Å². The molecule has 1 aromatic carbocycles. The minimum atomic E-state index is -2.87. The molecule has 0 unspecified atom stereocenters. The maximum atomic E-state index is 12.4. The minimum Gasteiger partial charge on any atom is -0.434 e. The highest BCUT2D eigenvalue weighted by molar-refractivity contribution is 6.30. The summed E-state index contributed by atoms with van der Waals surface area (Å²) in [7, 11) is 0. The molecule has 0 aliphatic rings. The van der Waals surface area contributed by atoms with E-state index in [2.05, 4.69) is 15.2 Å². The predicted molar refractivity (Wildman–Crippen MR) is 78.0 cm³/mol. The summed E-state index contributed by atoms with van der Waals surface area (Å²) in [6, 6.07) is 4.80. The third-order valence-corrected chi connectivity index (χ3v) is 3.09. The van der Waals surface area contributed by atoms with Crippen molar-refractivity contribution in [3.8, 4) is 5.75 Å². The first-order chi connectivity index (χ1) is 9.95. The lowest BCUT2D eigenvalue weighted by atomic mass is 10.2. The number of anilines is 1. The highest BCUT2D eigenvalue weighted by Crippen LogP contribution is 2.25. The summed E-state index contributed by atoms with van der Waals surface area (Å²) in [5.41, 5.74) is 1.35. The normalized spacial score (nSPS) is 11.2. The van der Waals surface area contributed by atoms with Crippen LogP contribution < -0.4 is 10.1 Å². The number of hydrogen-bond acceptors (Lipinski definition) is 3. The van der Waals surface area contributed by atoms with Crippen LogP contribution in [-0.4, -0.2) is 16.4 Å². The number of alkyl halides is 2. The van der Waals surface area contributed by atoms with Crippen molar-refractivity contribution in [2.24, 2.45) is 0 Å². The maximum Gasteiger partial charge on any atom is 0.387 e. The Morgan fingerprint density at radius 2 is 2.14 bits per heavy atom. The standard InChI is InChI=1S/C14H16ClF2N3O/c1-9(2)20-8-12(7-19-20)18-6-10-5-11(15)3-4-13(10)21-14(16)17/h3-5,7-9,14,18H,6H2,1-2H3. The fourth-order valence-corrected chi connectivity index (χ4v) is 2.00. The summed E-state index contributed by atoms with van der Waals surface area (Å²) in [5.74, 6) is 0.109. The van der Waals surface area contributed by atoms with Crippen LogP contribution >= 0.6 is 11.6 Å². The minimum absolute atomic E-state index is 0.109. The van der Waals surface area contributed by atoms with E-state index in [0.29, 0.717) is 17.1 Å². The molecule has 0 fully saturated rings. The number of nitrogens with one attached hydrogen (secondary N) is 1. The van der Waals surface area contributed by atoms with E-state index in [-0.39, 0.29) is 11.8 Å². The van der Waals surface area contributed by atoms with Gasteiger partial charge in [0.25, 0.3) is 0 Å². The van der Waals surface area contributed by atoms with Crippen LogP contribution in [0, 0.1) is 0 Å². The largest absolute Gasteiger partial charge is 0.434 e. The fourth-order valence-electron chi connectivity index (χ4n) is 1.81. The van der Waals surface area contributed by atoms with E-state index in [1.807, 2.05) is 20.0 Å². The van der Waals surface area contributed by atoms with Crippen molar-refractivity contribution in [1.82, 2.24) is 9.78 Å². The second kappa shape index (κ2) is 6.76. The quantitative estimate of drug-likeness (QED) is 0.862. The molecule has 2 rings (SSSR count). The SMILES string of the molecule is CC(C)n1cc(NCc2cc(Cl)ccc2OC(F)F)cn1. The molecule has 0 amide bonds. The fraction of sp³-hybridized carbons (Fsp3) is 0.357. The van der Waals surface area contributed by atoms with Crippen LogP contribution in [0.5, 0.6) is 5.75 Å². The van der Waals surface area contributed by atoms with Crippen LogP contribution in [-0.2, 0) is 6.54 Å². The van der Waals surface area contributed by atoms with Crippen molar-refractivity contribution in [2.45, 2.75) is 33.0 Å². The zero-order chi connectivity index (χ0) is 15.4. The van der Waals surface area contributed by atoms with E-state index >= 15 is 0 Å². The molecule has 0 saturated heterocycles. The highest BCUT2D eigenvalue weighted by Gasteiger charge is 2.10. The van der Waals surface area contributed by atoms with Gasteiger partial charge in [-0.3, -0.25) is 4.68 Å². The number of halogens is 3. The van der Waals surface area contributed by atoms with Gasteiger partial charge in [-0.15, -0.1) is 0 Å². The lowest BCUT2D eigenvalue weighted by molar-refractivity contribution is -0.0504. The molecular weight excluding hydrogens is 300 g/mol. The van der Waals surface area contributed by atoms with Gasteiger partial charge in [0.1, 0.15) is 5.75 Å². The Kier molecular flexibility index (Phi) is 5.01. The molecule has 0 saturated carbocycles. The average Bonchev–Trinajstić information content (AvgIpc) is 2.87. The Bertz CT molecular complexity index is 602. The van der Waals surface area contributed by atoms with Crippen molar-refractivity contribution in [1.29, 1.82) is 0 Å². The molecular formula is C14H16ClF2N3O. The van der Waals surface area contributed by atoms with E-state index in [1.165, 1.54) is 12.1 Å². The average molecular weight is 316 g/mol. The predicted octanol–water partition coefficient (Wildman–Crippen LogP) is 4.33. The Hall–Kier alpha value is -1.82. The van der Waals surface area contributed by atoms with Crippen LogP contribution in [0.15, 0.2) is 30.6 Å². The summed E-state index contributed by atoms with van der Waals surface area (Å²) >= 11 is 5.89. The van der Waals surface area contributed by atoms with Gasteiger partial charge in [0.05, 0.1) is 11.9 Å². The second-order valence-electron chi connectivity index (χ2n) is 4.79. The van der Waals surface area contributed by atoms with Gasteiger partial charge in [-0.05, 0) is 32.0 Å². The Morgan fingerprint density at radius 1 is 1.38 bits per heavy atom. The first-order valence-electron chi connectivity index (χ1n) is 6.47. The van der Waals surface area contributed by atoms with Crippen LogP contribution in [0.25, 0.3) is 0 Å².